The van der Waals surface area contributed by atoms with Gasteiger partial charge in [-0.15, -0.1) is 5.10 Å². The van der Waals surface area contributed by atoms with E-state index in [0.717, 1.165) is 0 Å². The molecule has 0 fully saturated rings. The lowest BCUT2D eigenvalue weighted by atomic mass is 10.1. The Labute approximate surface area is 136 Å². The molecule has 0 saturated heterocycles. The van der Waals surface area contributed by atoms with E-state index in [1.807, 2.05) is 13.8 Å². The zero-order chi connectivity index (χ0) is 17.0. The van der Waals surface area contributed by atoms with Crippen LogP contribution < -0.4 is 5.73 Å². The predicted octanol–water partition coefficient (Wildman–Crippen LogP) is 1.63. The Balaban J connectivity index is 2.19. The van der Waals surface area contributed by atoms with Gasteiger partial charge in [-0.3, -0.25) is 14.9 Å². The maximum atomic E-state index is 11.2. The Hall–Kier alpha value is -2.49. The molecule has 0 unspecified atom stereocenters. The number of nitrogens with zero attached hydrogens (tertiary/aromatic N) is 5. The van der Waals surface area contributed by atoms with Crippen molar-refractivity contribution >= 4 is 23.4 Å². The Morgan fingerprint density at radius 3 is 2.83 bits per heavy atom. The highest BCUT2D eigenvalue weighted by molar-refractivity contribution is 7.98. The van der Waals surface area contributed by atoms with Gasteiger partial charge in [-0.05, 0) is 22.4 Å². The van der Waals surface area contributed by atoms with E-state index in [9.17, 15) is 14.9 Å². The summed E-state index contributed by atoms with van der Waals surface area (Å²) in [6.45, 7) is 4.76. The molecule has 0 spiro atoms. The number of nitro benzene ring substituents is 1. The summed E-state index contributed by atoms with van der Waals surface area (Å²) < 4.78 is 1.67. The molecule has 0 atom stereocenters. The Kier molecular flexibility index (Phi) is 5.27. The van der Waals surface area contributed by atoms with E-state index in [1.165, 1.54) is 30.0 Å². The topological polar surface area (TPSA) is 130 Å². The summed E-state index contributed by atoms with van der Waals surface area (Å²) in [5, 5.41) is 23.2. The molecule has 1 aromatic carbocycles. The number of hydrogen-bond acceptors (Lipinski definition) is 7. The van der Waals surface area contributed by atoms with Gasteiger partial charge in [0.15, 0.2) is 0 Å². The average Bonchev–Trinajstić information content (AvgIpc) is 2.91. The minimum Gasteiger partial charge on any atom is -0.366 e. The van der Waals surface area contributed by atoms with Crippen LogP contribution in [0.25, 0.3) is 0 Å². The van der Waals surface area contributed by atoms with Crippen molar-refractivity contribution in [1.82, 2.24) is 20.2 Å². The van der Waals surface area contributed by atoms with Crippen molar-refractivity contribution in [2.45, 2.75) is 31.3 Å². The maximum Gasteiger partial charge on any atom is 0.274 e. The van der Waals surface area contributed by atoms with Gasteiger partial charge in [0.25, 0.3) is 5.69 Å². The molecule has 1 aromatic heterocycles. The first-order valence-electron chi connectivity index (χ1n) is 6.84. The second-order valence-electron chi connectivity index (χ2n) is 5.29. The minimum atomic E-state index is -0.701. The number of thioether (sulfide) groups is 1. The van der Waals surface area contributed by atoms with E-state index in [4.69, 9.17) is 5.73 Å². The van der Waals surface area contributed by atoms with Crippen LogP contribution in [0.15, 0.2) is 23.4 Å². The molecule has 23 heavy (non-hydrogen) atoms. The molecule has 1 amide bonds. The van der Waals surface area contributed by atoms with Crippen LogP contribution in [0.2, 0.25) is 0 Å². The lowest BCUT2D eigenvalue weighted by Gasteiger charge is -2.07. The summed E-state index contributed by atoms with van der Waals surface area (Å²) in [7, 11) is 0. The van der Waals surface area contributed by atoms with Crippen molar-refractivity contribution in [3.63, 3.8) is 0 Å². The zero-order valence-electron chi connectivity index (χ0n) is 12.7. The molecular weight excluding hydrogens is 320 g/mol. The number of benzene rings is 1. The Morgan fingerprint density at radius 1 is 1.48 bits per heavy atom. The SMILES string of the molecule is CC(C)Cn1nnnc1SCc1ccc(C(N)=O)cc1[N+](=O)[O-]. The van der Waals surface area contributed by atoms with Gasteiger partial charge < -0.3 is 5.73 Å². The zero-order valence-corrected chi connectivity index (χ0v) is 13.5. The molecule has 10 heteroatoms. The molecule has 0 aliphatic carbocycles. The third-order valence-electron chi connectivity index (χ3n) is 2.96. The molecule has 1 heterocycles. The van der Waals surface area contributed by atoms with Crippen molar-refractivity contribution in [3.05, 3.63) is 39.4 Å². The van der Waals surface area contributed by atoms with Crippen molar-refractivity contribution in [1.29, 1.82) is 0 Å². The highest BCUT2D eigenvalue weighted by Crippen LogP contribution is 2.27. The number of nitrogens with two attached hydrogens (primary N) is 1. The van der Waals surface area contributed by atoms with Gasteiger partial charge in [-0.1, -0.05) is 31.7 Å². The van der Waals surface area contributed by atoms with Crippen LogP contribution in [0.1, 0.15) is 29.8 Å². The molecule has 0 radical (unpaired) electrons. The first-order chi connectivity index (χ1) is 10.9. The van der Waals surface area contributed by atoms with E-state index < -0.39 is 10.8 Å². The molecule has 2 aromatic rings. The van der Waals surface area contributed by atoms with Crippen LogP contribution >= 0.6 is 11.8 Å². The number of carbonyl (C=O) groups excluding carboxylic acids is 1. The van der Waals surface area contributed by atoms with Crippen LogP contribution in [0.4, 0.5) is 5.69 Å². The second-order valence-corrected chi connectivity index (χ2v) is 6.23. The summed E-state index contributed by atoms with van der Waals surface area (Å²) in [6, 6.07) is 4.19. The van der Waals surface area contributed by atoms with Crippen LogP contribution in [0.5, 0.6) is 0 Å². The quantitative estimate of drug-likeness (QED) is 0.462. The highest BCUT2D eigenvalue weighted by Gasteiger charge is 2.18. The molecule has 122 valence electrons. The smallest absolute Gasteiger partial charge is 0.274 e. The first kappa shape index (κ1) is 16.9. The summed E-state index contributed by atoms with van der Waals surface area (Å²) in [5.74, 6) is -0.0106. The molecular formula is C13H16N6O3S. The number of rotatable bonds is 7. The van der Waals surface area contributed by atoms with Crippen molar-refractivity contribution in [3.8, 4) is 0 Å². The van der Waals surface area contributed by atoms with E-state index in [-0.39, 0.29) is 11.3 Å². The average molecular weight is 336 g/mol. The molecule has 0 bridgehead atoms. The van der Waals surface area contributed by atoms with Crippen LogP contribution in [-0.4, -0.2) is 31.0 Å². The standard InChI is InChI=1S/C13H16N6O3S/c1-8(2)6-18-13(15-16-17-18)23-7-10-4-3-9(12(14)20)5-11(10)19(21)22/h3-5,8H,6-7H2,1-2H3,(H2,14,20). The number of hydrogen-bond donors (Lipinski definition) is 1. The van der Waals surface area contributed by atoms with E-state index in [2.05, 4.69) is 15.5 Å². The van der Waals surface area contributed by atoms with Gasteiger partial charge in [0, 0.05) is 29.5 Å². The normalized spacial score (nSPS) is 10.9. The lowest BCUT2D eigenvalue weighted by Crippen LogP contribution is -2.11. The van der Waals surface area contributed by atoms with Gasteiger partial charge in [0.2, 0.25) is 11.1 Å². The van der Waals surface area contributed by atoms with E-state index in [0.29, 0.717) is 28.9 Å². The predicted molar refractivity (Wildman–Crippen MR) is 83.8 cm³/mol. The molecule has 0 aliphatic heterocycles. The number of nitro groups is 1. The van der Waals surface area contributed by atoms with Gasteiger partial charge >= 0.3 is 0 Å². The first-order valence-corrected chi connectivity index (χ1v) is 7.83. The summed E-state index contributed by atoms with van der Waals surface area (Å²) in [6.07, 6.45) is 0. The van der Waals surface area contributed by atoms with Gasteiger partial charge in [0.05, 0.1) is 4.92 Å². The van der Waals surface area contributed by atoms with Crippen molar-refractivity contribution < 1.29 is 9.72 Å². The molecule has 0 aliphatic rings. The molecule has 0 saturated carbocycles. The number of primary amides is 1. The Bertz CT molecular complexity index is 730. The number of amides is 1. The fourth-order valence-electron chi connectivity index (χ4n) is 1.91. The number of carbonyl (C=O) groups is 1. The Morgan fingerprint density at radius 2 is 2.22 bits per heavy atom. The van der Waals surface area contributed by atoms with Crippen molar-refractivity contribution in [2.75, 3.05) is 0 Å². The van der Waals surface area contributed by atoms with Gasteiger partial charge in [-0.25, -0.2) is 4.68 Å². The monoisotopic (exact) mass is 336 g/mol. The highest BCUT2D eigenvalue weighted by atomic mass is 32.2. The third kappa shape index (κ3) is 4.25. The fraction of sp³-hybridized carbons (Fsp3) is 0.385. The maximum absolute atomic E-state index is 11.2. The van der Waals surface area contributed by atoms with Crippen LogP contribution in [-0.2, 0) is 12.3 Å². The summed E-state index contributed by atoms with van der Waals surface area (Å²) in [4.78, 5) is 21.8. The summed E-state index contributed by atoms with van der Waals surface area (Å²) in [5.41, 5.74) is 5.59. The van der Waals surface area contributed by atoms with Crippen LogP contribution in [0, 0.1) is 16.0 Å². The molecule has 2 N–H and O–H groups in total. The number of aromatic nitrogens is 4. The minimum absolute atomic E-state index is 0.107. The molecule has 2 rings (SSSR count). The second kappa shape index (κ2) is 7.18. The number of tetrazole rings is 1. The van der Waals surface area contributed by atoms with Crippen LogP contribution in [0.3, 0.4) is 0 Å². The van der Waals surface area contributed by atoms with Crippen molar-refractivity contribution in [2.24, 2.45) is 11.7 Å². The third-order valence-corrected chi connectivity index (χ3v) is 3.97. The molecule has 9 nitrogen and oxygen atoms in total. The lowest BCUT2D eigenvalue weighted by molar-refractivity contribution is -0.385. The van der Waals surface area contributed by atoms with E-state index >= 15 is 0 Å². The fourth-order valence-corrected chi connectivity index (χ4v) is 2.79. The van der Waals surface area contributed by atoms with Gasteiger partial charge in [-0.2, -0.15) is 0 Å². The van der Waals surface area contributed by atoms with Gasteiger partial charge in [0.1, 0.15) is 0 Å². The summed E-state index contributed by atoms with van der Waals surface area (Å²) >= 11 is 1.30. The largest absolute Gasteiger partial charge is 0.366 e. The van der Waals surface area contributed by atoms with E-state index in [1.54, 1.807) is 4.68 Å².